The summed E-state index contributed by atoms with van der Waals surface area (Å²) in [5.74, 6) is 0.945. The van der Waals surface area contributed by atoms with Gasteiger partial charge in [-0.3, -0.25) is 4.79 Å². The molecule has 1 amide bonds. The van der Waals surface area contributed by atoms with Crippen LogP contribution < -0.4 is 5.32 Å². The van der Waals surface area contributed by atoms with Crippen molar-refractivity contribution in [2.24, 2.45) is 5.92 Å². The number of aryl methyl sites for hydroxylation is 1. The summed E-state index contributed by atoms with van der Waals surface area (Å²) in [5, 5.41) is 7.93. The number of aromatic nitrogens is 2. The highest BCUT2D eigenvalue weighted by atomic mass is 16.5. The second kappa shape index (κ2) is 6.99. The third-order valence-corrected chi connectivity index (χ3v) is 5.71. The van der Waals surface area contributed by atoms with Crippen molar-refractivity contribution in [1.29, 1.82) is 0 Å². The summed E-state index contributed by atoms with van der Waals surface area (Å²) in [4.78, 5) is 20.0. The molecule has 1 N–H and O–H groups in total. The van der Waals surface area contributed by atoms with Crippen LogP contribution >= 0.6 is 0 Å². The zero-order valence-electron chi connectivity index (χ0n) is 15.9. The number of fused-ring (bicyclic) bond motifs is 1. The maximum Gasteiger partial charge on any atom is 0.259 e. The second-order valence-electron chi connectivity index (χ2n) is 8.12. The van der Waals surface area contributed by atoms with Gasteiger partial charge >= 0.3 is 0 Å². The Balaban J connectivity index is 1.50. The summed E-state index contributed by atoms with van der Waals surface area (Å²) < 4.78 is 5.35. The molecule has 6 nitrogen and oxygen atoms in total. The van der Waals surface area contributed by atoms with Gasteiger partial charge in [0.15, 0.2) is 0 Å². The van der Waals surface area contributed by atoms with Gasteiger partial charge < -0.3 is 14.7 Å². The van der Waals surface area contributed by atoms with E-state index in [1.54, 1.807) is 0 Å². The molecule has 1 saturated heterocycles. The van der Waals surface area contributed by atoms with Gasteiger partial charge in [-0.15, -0.1) is 0 Å². The van der Waals surface area contributed by atoms with Crippen LogP contribution in [0.5, 0.6) is 0 Å². The maximum absolute atomic E-state index is 12.9. The molecule has 4 rings (SSSR count). The summed E-state index contributed by atoms with van der Waals surface area (Å²) >= 11 is 0. The van der Waals surface area contributed by atoms with Gasteiger partial charge in [0.25, 0.3) is 11.6 Å². The largest absolute Gasteiger partial charge is 0.352 e. The molecular weight excluding hydrogens is 328 g/mol. The van der Waals surface area contributed by atoms with E-state index in [2.05, 4.69) is 34.2 Å². The van der Waals surface area contributed by atoms with Gasteiger partial charge in [0.05, 0.1) is 16.6 Å². The Kier molecular flexibility index (Phi) is 4.69. The number of hydrogen-bond acceptors (Lipinski definition) is 5. The lowest BCUT2D eigenvalue weighted by atomic mass is 9.96. The minimum atomic E-state index is -0.0349. The Morgan fingerprint density at radius 2 is 2.19 bits per heavy atom. The predicted octanol–water partition coefficient (Wildman–Crippen LogP) is 3.26. The Morgan fingerprint density at radius 1 is 1.38 bits per heavy atom. The lowest BCUT2D eigenvalue weighted by Crippen LogP contribution is -2.43. The van der Waals surface area contributed by atoms with Crippen molar-refractivity contribution in [1.82, 2.24) is 20.4 Å². The zero-order valence-corrected chi connectivity index (χ0v) is 15.9. The number of nitrogens with one attached hydrogen (secondary N) is 1. The third kappa shape index (κ3) is 3.47. The highest BCUT2D eigenvalue weighted by molar-refractivity contribution is 6.06. The van der Waals surface area contributed by atoms with Crippen molar-refractivity contribution in [3.63, 3.8) is 0 Å². The molecule has 1 saturated carbocycles. The molecule has 1 atom stereocenters. The van der Waals surface area contributed by atoms with Gasteiger partial charge in [0.2, 0.25) is 0 Å². The molecule has 0 radical (unpaired) electrons. The van der Waals surface area contributed by atoms with Crippen LogP contribution in [0.4, 0.5) is 0 Å². The van der Waals surface area contributed by atoms with E-state index in [-0.39, 0.29) is 5.91 Å². The lowest BCUT2D eigenvalue weighted by Gasteiger charge is -2.35. The minimum absolute atomic E-state index is 0.0349. The Bertz CT molecular complexity index is 809. The molecule has 6 heteroatoms. The highest BCUT2D eigenvalue weighted by Gasteiger charge is 2.29. The Labute approximate surface area is 154 Å². The summed E-state index contributed by atoms with van der Waals surface area (Å²) in [6.07, 6.45) is 4.66. The number of carbonyl (C=O) groups excluding carboxylic acids is 1. The molecule has 1 aliphatic carbocycles. The molecule has 0 aromatic carbocycles. The number of amides is 1. The van der Waals surface area contributed by atoms with E-state index < -0.39 is 0 Å². The van der Waals surface area contributed by atoms with Crippen molar-refractivity contribution in [3.05, 3.63) is 23.0 Å². The van der Waals surface area contributed by atoms with Gasteiger partial charge in [0.1, 0.15) is 0 Å². The van der Waals surface area contributed by atoms with Crippen molar-refractivity contribution in [2.45, 2.75) is 58.4 Å². The van der Waals surface area contributed by atoms with E-state index in [1.165, 1.54) is 12.8 Å². The lowest BCUT2D eigenvalue weighted by molar-refractivity contribution is 0.0924. The van der Waals surface area contributed by atoms with E-state index in [0.717, 1.165) is 49.2 Å². The van der Waals surface area contributed by atoms with E-state index in [9.17, 15) is 4.79 Å². The smallest absolute Gasteiger partial charge is 0.259 e. The molecule has 0 spiro atoms. The first-order valence-electron chi connectivity index (χ1n) is 9.82. The molecule has 2 aromatic heterocycles. The van der Waals surface area contributed by atoms with Crippen LogP contribution in [-0.2, 0) is 0 Å². The monoisotopic (exact) mass is 356 g/mol. The fraction of sp³-hybridized carbons (Fsp3) is 0.650. The predicted molar refractivity (Wildman–Crippen MR) is 100 cm³/mol. The van der Waals surface area contributed by atoms with Crippen molar-refractivity contribution in [3.8, 4) is 0 Å². The molecule has 3 heterocycles. The van der Waals surface area contributed by atoms with E-state index in [1.807, 2.05) is 13.0 Å². The number of carbonyl (C=O) groups is 1. The topological polar surface area (TPSA) is 71.3 Å². The van der Waals surface area contributed by atoms with Gasteiger partial charge in [0, 0.05) is 30.7 Å². The first-order valence-corrected chi connectivity index (χ1v) is 9.82. The SMILES string of the molecule is Cc1noc2nc(C3CC3)cc(C(=O)NC[C@@H]3CCCN(C(C)C)C3)c12. The number of rotatable bonds is 5. The Hall–Kier alpha value is -1.95. The van der Waals surface area contributed by atoms with Crippen LogP contribution in [0.1, 0.15) is 67.2 Å². The highest BCUT2D eigenvalue weighted by Crippen LogP contribution is 2.40. The summed E-state index contributed by atoms with van der Waals surface area (Å²) in [6, 6.07) is 2.51. The van der Waals surface area contributed by atoms with Crippen LogP contribution in [0.2, 0.25) is 0 Å². The standard InChI is InChI=1S/C20H28N4O2/c1-12(2)24-8-4-5-14(11-24)10-21-19(25)16-9-17(15-6-7-15)22-20-18(16)13(3)23-26-20/h9,12,14-15H,4-8,10-11H2,1-3H3,(H,21,25)/t14-/m0/s1. The van der Waals surface area contributed by atoms with Crippen LogP contribution in [0.3, 0.4) is 0 Å². The molecule has 2 aromatic rings. The van der Waals surface area contributed by atoms with Crippen molar-refractivity contribution < 1.29 is 9.32 Å². The fourth-order valence-electron chi connectivity index (χ4n) is 3.95. The maximum atomic E-state index is 12.9. The summed E-state index contributed by atoms with van der Waals surface area (Å²) in [5.41, 5.74) is 2.83. The molecule has 2 fully saturated rings. The number of piperidine rings is 1. The van der Waals surface area contributed by atoms with Gasteiger partial charge in [-0.05, 0) is 65.0 Å². The van der Waals surface area contributed by atoms with Crippen LogP contribution in [0.25, 0.3) is 11.1 Å². The van der Waals surface area contributed by atoms with Crippen LogP contribution in [0.15, 0.2) is 10.6 Å². The molecule has 140 valence electrons. The average Bonchev–Trinajstić information content (AvgIpc) is 3.43. The summed E-state index contributed by atoms with van der Waals surface area (Å²) in [7, 11) is 0. The van der Waals surface area contributed by atoms with Crippen LogP contribution in [-0.4, -0.2) is 46.6 Å². The Morgan fingerprint density at radius 3 is 2.92 bits per heavy atom. The molecule has 0 unspecified atom stereocenters. The molecular formula is C20H28N4O2. The first kappa shape index (κ1) is 17.5. The number of likely N-dealkylation sites (tertiary alicyclic amines) is 1. The third-order valence-electron chi connectivity index (χ3n) is 5.71. The second-order valence-corrected chi connectivity index (χ2v) is 8.12. The molecule has 2 aliphatic rings. The van der Waals surface area contributed by atoms with Gasteiger partial charge in [-0.25, -0.2) is 4.98 Å². The fourth-order valence-corrected chi connectivity index (χ4v) is 3.95. The van der Waals surface area contributed by atoms with Gasteiger partial charge in [-0.1, -0.05) is 5.16 Å². The van der Waals surface area contributed by atoms with E-state index >= 15 is 0 Å². The van der Waals surface area contributed by atoms with Gasteiger partial charge in [-0.2, -0.15) is 0 Å². The van der Waals surface area contributed by atoms with E-state index in [4.69, 9.17) is 4.52 Å². The quantitative estimate of drug-likeness (QED) is 0.890. The average molecular weight is 356 g/mol. The normalized spacial score (nSPS) is 21.5. The summed E-state index contributed by atoms with van der Waals surface area (Å²) in [6.45, 7) is 9.28. The molecule has 26 heavy (non-hydrogen) atoms. The first-order chi connectivity index (χ1) is 12.5. The molecule has 0 bridgehead atoms. The van der Waals surface area contributed by atoms with Crippen molar-refractivity contribution >= 4 is 17.0 Å². The number of nitrogens with zero attached hydrogens (tertiary/aromatic N) is 3. The zero-order chi connectivity index (χ0) is 18.3. The number of pyridine rings is 1. The van der Waals surface area contributed by atoms with Crippen LogP contribution in [0, 0.1) is 12.8 Å². The number of hydrogen-bond donors (Lipinski definition) is 1. The van der Waals surface area contributed by atoms with Crippen molar-refractivity contribution in [2.75, 3.05) is 19.6 Å². The minimum Gasteiger partial charge on any atom is -0.352 e. The van der Waals surface area contributed by atoms with E-state index in [0.29, 0.717) is 29.2 Å². The molecule has 1 aliphatic heterocycles.